The van der Waals surface area contributed by atoms with E-state index in [1.807, 2.05) is 0 Å². The van der Waals surface area contributed by atoms with E-state index in [2.05, 4.69) is 11.9 Å². The molecule has 4 nitrogen and oxygen atoms in total. The number of aromatic nitrogens is 1. The van der Waals surface area contributed by atoms with Crippen LogP contribution in [0, 0.1) is 23.5 Å². The molecule has 0 aliphatic heterocycles. The van der Waals surface area contributed by atoms with Crippen molar-refractivity contribution in [3.05, 3.63) is 76.5 Å². The summed E-state index contributed by atoms with van der Waals surface area (Å²) in [4.78, 5) is 4.23. The van der Waals surface area contributed by atoms with Gasteiger partial charge in [-0.2, -0.15) is 13.2 Å². The van der Waals surface area contributed by atoms with E-state index in [0.29, 0.717) is 24.8 Å². The molecule has 2 aliphatic rings. The number of halogens is 5. The molecule has 0 spiro atoms. The van der Waals surface area contributed by atoms with Crippen molar-refractivity contribution >= 4 is 0 Å². The molecule has 5 rings (SSSR count). The third-order valence-corrected chi connectivity index (χ3v) is 7.24. The van der Waals surface area contributed by atoms with Gasteiger partial charge in [-0.05, 0) is 91.0 Å². The highest BCUT2D eigenvalue weighted by Gasteiger charge is 2.39. The van der Waals surface area contributed by atoms with Gasteiger partial charge in [0.2, 0.25) is 5.88 Å². The van der Waals surface area contributed by atoms with E-state index >= 15 is 0 Å². The number of aliphatic hydroxyl groups is 1. The van der Waals surface area contributed by atoms with Crippen LogP contribution >= 0.6 is 0 Å². The van der Waals surface area contributed by atoms with Crippen molar-refractivity contribution < 1.29 is 36.5 Å². The Hall–Kier alpha value is -3.20. The molecular weight excluding hydrogens is 505 g/mol. The maximum Gasteiger partial charge on any atom is 0.417 e. The molecule has 0 amide bonds. The fourth-order valence-corrected chi connectivity index (χ4v) is 5.43. The lowest BCUT2D eigenvalue weighted by molar-refractivity contribution is -0.137. The van der Waals surface area contributed by atoms with Gasteiger partial charge < -0.3 is 14.6 Å². The van der Waals surface area contributed by atoms with E-state index in [4.69, 9.17) is 9.47 Å². The second-order valence-electron chi connectivity index (χ2n) is 10.8. The minimum absolute atomic E-state index is 0.0698. The molecule has 9 heteroatoms. The molecule has 1 aromatic heterocycles. The highest BCUT2D eigenvalue weighted by Crippen LogP contribution is 2.41. The van der Waals surface area contributed by atoms with Gasteiger partial charge in [0, 0.05) is 17.8 Å². The topological polar surface area (TPSA) is 51.6 Å². The average Bonchev–Trinajstić information content (AvgIpc) is 3.19. The molecule has 1 unspecified atom stereocenters. The Morgan fingerprint density at radius 3 is 2.42 bits per heavy atom. The summed E-state index contributed by atoms with van der Waals surface area (Å²) in [6.07, 6.45) is -0.296. The zero-order valence-corrected chi connectivity index (χ0v) is 21.0. The number of nitrogens with zero attached hydrogens (tertiary/aromatic N) is 1. The van der Waals surface area contributed by atoms with Crippen LogP contribution in [0.25, 0.3) is 11.1 Å². The number of rotatable bonds is 7. The van der Waals surface area contributed by atoms with Gasteiger partial charge in [-0.25, -0.2) is 13.8 Å². The number of hydrogen-bond donors (Lipinski definition) is 1. The van der Waals surface area contributed by atoms with Crippen LogP contribution in [-0.2, 0) is 25.6 Å². The molecule has 38 heavy (non-hydrogen) atoms. The number of ether oxygens (including phenoxy) is 2. The van der Waals surface area contributed by atoms with Crippen molar-refractivity contribution in [3.63, 3.8) is 0 Å². The highest BCUT2D eigenvalue weighted by atomic mass is 19.4. The van der Waals surface area contributed by atoms with E-state index in [9.17, 15) is 27.1 Å². The van der Waals surface area contributed by atoms with Crippen molar-refractivity contribution in [2.45, 2.75) is 57.9 Å². The maximum atomic E-state index is 14.8. The highest BCUT2D eigenvalue weighted by molar-refractivity contribution is 5.70. The van der Waals surface area contributed by atoms with Crippen LogP contribution in [0.2, 0.25) is 0 Å². The Morgan fingerprint density at radius 1 is 1.00 bits per heavy atom. The molecule has 202 valence electrons. The first kappa shape index (κ1) is 26.4. The van der Waals surface area contributed by atoms with Gasteiger partial charge in [-0.1, -0.05) is 13.0 Å². The van der Waals surface area contributed by atoms with Crippen LogP contribution in [0.1, 0.15) is 48.9 Å². The molecule has 0 saturated heterocycles. The lowest BCUT2D eigenvalue weighted by Crippen LogP contribution is -2.43. The van der Waals surface area contributed by atoms with Gasteiger partial charge in [-0.3, -0.25) is 0 Å². The minimum atomic E-state index is -4.86. The van der Waals surface area contributed by atoms with Crippen LogP contribution < -0.4 is 9.47 Å². The Bertz CT molecular complexity index is 1350. The van der Waals surface area contributed by atoms with Crippen molar-refractivity contribution in [1.82, 2.24) is 4.98 Å². The molecular formula is C29H28F5NO3. The zero-order valence-electron chi connectivity index (χ0n) is 21.0. The van der Waals surface area contributed by atoms with Crippen LogP contribution in [0.4, 0.5) is 22.0 Å². The Kier molecular flexibility index (Phi) is 6.84. The third kappa shape index (κ3) is 5.62. The summed E-state index contributed by atoms with van der Waals surface area (Å²) in [5.41, 5.74) is -0.287. The van der Waals surface area contributed by atoms with Crippen molar-refractivity contribution in [3.8, 4) is 22.8 Å². The lowest BCUT2D eigenvalue weighted by Gasteiger charge is -2.40. The van der Waals surface area contributed by atoms with Gasteiger partial charge in [-0.15, -0.1) is 0 Å². The SMILES string of the molecule is CC1Cc2cnc(OCc3cc(-c4ccc(OCC5CC(C)(O)C5)c(F)c4)c(C(F)(F)F)cc3F)cc2C1. The summed E-state index contributed by atoms with van der Waals surface area (Å²) in [6.45, 7) is 3.68. The zero-order chi connectivity index (χ0) is 27.2. The summed E-state index contributed by atoms with van der Waals surface area (Å²) in [5, 5.41) is 9.82. The van der Waals surface area contributed by atoms with Crippen LogP contribution in [0.3, 0.4) is 0 Å². The van der Waals surface area contributed by atoms with E-state index < -0.39 is 29.0 Å². The first-order valence-electron chi connectivity index (χ1n) is 12.5. The number of hydrogen-bond acceptors (Lipinski definition) is 4. The van der Waals surface area contributed by atoms with Gasteiger partial charge in [0.05, 0.1) is 17.8 Å². The molecule has 1 atom stereocenters. The summed E-state index contributed by atoms with van der Waals surface area (Å²) >= 11 is 0. The van der Waals surface area contributed by atoms with Crippen molar-refractivity contribution in [1.29, 1.82) is 0 Å². The van der Waals surface area contributed by atoms with Gasteiger partial charge in [0.25, 0.3) is 0 Å². The molecule has 0 bridgehead atoms. The second-order valence-corrected chi connectivity index (χ2v) is 10.8. The third-order valence-electron chi connectivity index (χ3n) is 7.24. The largest absolute Gasteiger partial charge is 0.490 e. The fraction of sp³-hybridized carbons (Fsp3) is 0.414. The molecule has 1 saturated carbocycles. The Labute approximate surface area is 217 Å². The fourth-order valence-electron chi connectivity index (χ4n) is 5.43. The van der Waals surface area contributed by atoms with E-state index in [1.165, 1.54) is 12.1 Å². The number of fused-ring (bicyclic) bond motifs is 1. The van der Waals surface area contributed by atoms with Gasteiger partial charge in [0.1, 0.15) is 12.4 Å². The number of alkyl halides is 3. The first-order valence-corrected chi connectivity index (χ1v) is 12.5. The Morgan fingerprint density at radius 2 is 1.74 bits per heavy atom. The molecule has 1 fully saturated rings. The lowest BCUT2D eigenvalue weighted by atomic mass is 9.73. The number of pyridine rings is 1. The van der Waals surface area contributed by atoms with E-state index in [1.54, 1.807) is 19.2 Å². The quantitative estimate of drug-likeness (QED) is 0.336. The normalized spacial score (nSPS) is 22.6. The molecule has 0 radical (unpaired) electrons. The maximum absolute atomic E-state index is 14.8. The molecule has 1 N–H and O–H groups in total. The van der Waals surface area contributed by atoms with Crippen molar-refractivity contribution in [2.24, 2.45) is 11.8 Å². The summed E-state index contributed by atoms with van der Waals surface area (Å²) in [5.74, 6) is -1.18. The minimum Gasteiger partial charge on any atom is -0.490 e. The summed E-state index contributed by atoms with van der Waals surface area (Å²) < 4.78 is 82.1. The predicted octanol–water partition coefficient (Wildman–Crippen LogP) is 6.90. The van der Waals surface area contributed by atoms with Gasteiger partial charge in [0.15, 0.2) is 11.6 Å². The van der Waals surface area contributed by atoms with Gasteiger partial charge >= 0.3 is 6.18 Å². The molecule has 1 heterocycles. The van der Waals surface area contributed by atoms with Crippen LogP contribution in [-0.4, -0.2) is 22.3 Å². The smallest absolute Gasteiger partial charge is 0.417 e. The first-order chi connectivity index (χ1) is 17.9. The predicted molar refractivity (Wildman–Crippen MR) is 131 cm³/mol. The summed E-state index contributed by atoms with van der Waals surface area (Å²) in [7, 11) is 0. The molecule has 3 aromatic rings. The van der Waals surface area contributed by atoms with Crippen molar-refractivity contribution in [2.75, 3.05) is 6.61 Å². The molecule has 2 aromatic carbocycles. The standard InChI is InChI=1S/C29H28F5NO3/c1-16-5-19-9-27(35-13-20(19)6-16)38-15-21-7-22(23(10-24(21)30)29(32,33)34)18-3-4-26(25(31)8-18)37-14-17-11-28(2,36)12-17/h3-4,7-10,13,16-17,36H,5-6,11-12,14-15H2,1-2H3. The molecule has 2 aliphatic carbocycles. The second kappa shape index (κ2) is 9.84. The summed E-state index contributed by atoms with van der Waals surface area (Å²) in [6, 6.07) is 6.75. The van der Waals surface area contributed by atoms with Crippen LogP contribution in [0.5, 0.6) is 11.6 Å². The monoisotopic (exact) mass is 533 g/mol. The average molecular weight is 534 g/mol. The Balaban J connectivity index is 1.37. The number of benzene rings is 2. The van der Waals surface area contributed by atoms with E-state index in [-0.39, 0.29) is 47.5 Å². The van der Waals surface area contributed by atoms with E-state index in [0.717, 1.165) is 36.1 Å². The van der Waals surface area contributed by atoms with Crippen LogP contribution in [0.15, 0.2) is 42.6 Å².